The molecule has 0 saturated heterocycles. The lowest BCUT2D eigenvalue weighted by Gasteiger charge is -2.15. The van der Waals surface area contributed by atoms with Crippen molar-refractivity contribution in [1.29, 1.82) is 0 Å². The number of aromatic hydroxyl groups is 1. The zero-order valence-corrected chi connectivity index (χ0v) is 16.7. The van der Waals surface area contributed by atoms with E-state index in [9.17, 15) is 14.7 Å². The van der Waals surface area contributed by atoms with E-state index < -0.39 is 0 Å². The summed E-state index contributed by atoms with van der Waals surface area (Å²) < 4.78 is 0. The molecule has 150 valence electrons. The van der Waals surface area contributed by atoms with Crippen molar-refractivity contribution in [2.24, 2.45) is 5.92 Å². The summed E-state index contributed by atoms with van der Waals surface area (Å²) in [6.07, 6.45) is 2.08. The monoisotopic (exact) mass is 383 g/mol. The van der Waals surface area contributed by atoms with Crippen LogP contribution in [0.4, 0.5) is 16.2 Å². The van der Waals surface area contributed by atoms with Crippen molar-refractivity contribution in [3.05, 3.63) is 54.1 Å². The minimum Gasteiger partial charge on any atom is -0.508 e. The van der Waals surface area contributed by atoms with Crippen LogP contribution in [0.3, 0.4) is 0 Å². The van der Waals surface area contributed by atoms with Crippen molar-refractivity contribution in [2.45, 2.75) is 46.1 Å². The van der Waals surface area contributed by atoms with Gasteiger partial charge in [-0.3, -0.25) is 4.79 Å². The molecule has 0 heterocycles. The minimum atomic E-state index is -0.269. The van der Waals surface area contributed by atoms with E-state index in [0.29, 0.717) is 23.7 Å². The molecule has 0 bridgehead atoms. The maximum absolute atomic E-state index is 12.1. The summed E-state index contributed by atoms with van der Waals surface area (Å²) in [6, 6.07) is 13.9. The Morgan fingerprint density at radius 1 is 0.893 bits per heavy atom. The van der Waals surface area contributed by atoms with E-state index in [1.54, 1.807) is 36.4 Å². The van der Waals surface area contributed by atoms with Gasteiger partial charge < -0.3 is 21.1 Å². The number of phenols is 1. The number of nitrogens with one attached hydrogen (secondary N) is 3. The van der Waals surface area contributed by atoms with Gasteiger partial charge in [0.25, 0.3) is 0 Å². The predicted molar refractivity (Wildman–Crippen MR) is 113 cm³/mol. The first-order valence-electron chi connectivity index (χ1n) is 9.57. The largest absolute Gasteiger partial charge is 0.508 e. The number of carbonyl (C=O) groups excluding carboxylic acids is 2. The number of phenolic OH excluding ortho intramolecular Hbond substituents is 1. The Balaban J connectivity index is 1.75. The lowest BCUT2D eigenvalue weighted by molar-refractivity contribution is -0.116. The molecular formula is C22H29N3O3. The molecule has 2 aromatic rings. The number of rotatable bonds is 8. The van der Waals surface area contributed by atoms with E-state index in [-0.39, 0.29) is 23.7 Å². The molecule has 3 amide bonds. The standard InChI is InChI=1S/C22H29N3O3/c1-15(2)14-21(27)24-18-8-10-19(11-9-18)25-22(28)23-16(3)4-5-17-6-12-20(26)13-7-17/h6-13,15-16,26H,4-5,14H2,1-3H3,(H,24,27)(H2,23,25,28). The highest BCUT2D eigenvalue weighted by Gasteiger charge is 2.09. The fourth-order valence-corrected chi connectivity index (χ4v) is 2.73. The maximum atomic E-state index is 12.1. The van der Waals surface area contributed by atoms with E-state index in [1.165, 1.54) is 0 Å². The second kappa shape index (κ2) is 10.3. The van der Waals surface area contributed by atoms with Gasteiger partial charge in [0.05, 0.1) is 0 Å². The summed E-state index contributed by atoms with van der Waals surface area (Å²) in [5.74, 6) is 0.538. The average Bonchev–Trinajstić information content (AvgIpc) is 2.62. The normalized spacial score (nSPS) is 11.7. The van der Waals surface area contributed by atoms with Crippen LogP contribution >= 0.6 is 0 Å². The SMILES string of the molecule is CC(C)CC(=O)Nc1ccc(NC(=O)NC(C)CCc2ccc(O)cc2)cc1. The van der Waals surface area contributed by atoms with Crippen molar-refractivity contribution < 1.29 is 14.7 Å². The molecule has 1 atom stereocenters. The number of benzene rings is 2. The third-order valence-corrected chi connectivity index (χ3v) is 4.20. The molecule has 2 aromatic carbocycles. The predicted octanol–water partition coefficient (Wildman–Crippen LogP) is 4.52. The van der Waals surface area contributed by atoms with E-state index in [0.717, 1.165) is 18.4 Å². The average molecular weight is 383 g/mol. The van der Waals surface area contributed by atoms with Crippen LogP contribution in [-0.4, -0.2) is 23.1 Å². The molecule has 6 heteroatoms. The first-order valence-corrected chi connectivity index (χ1v) is 9.57. The zero-order chi connectivity index (χ0) is 20.5. The van der Waals surface area contributed by atoms with E-state index in [2.05, 4.69) is 16.0 Å². The van der Waals surface area contributed by atoms with Crippen LogP contribution < -0.4 is 16.0 Å². The topological polar surface area (TPSA) is 90.5 Å². The van der Waals surface area contributed by atoms with Crippen molar-refractivity contribution >= 4 is 23.3 Å². The summed E-state index contributed by atoms with van der Waals surface area (Å²) in [6.45, 7) is 5.95. The van der Waals surface area contributed by atoms with Crippen LogP contribution in [0.5, 0.6) is 5.75 Å². The van der Waals surface area contributed by atoms with Gasteiger partial charge in [0.2, 0.25) is 5.91 Å². The second-order valence-corrected chi connectivity index (χ2v) is 7.43. The number of aryl methyl sites for hydroxylation is 1. The van der Waals surface area contributed by atoms with Crippen LogP contribution in [0.25, 0.3) is 0 Å². The van der Waals surface area contributed by atoms with Gasteiger partial charge >= 0.3 is 6.03 Å². The van der Waals surface area contributed by atoms with Gasteiger partial charge in [-0.05, 0) is 67.6 Å². The quantitative estimate of drug-likeness (QED) is 0.540. The first kappa shape index (κ1) is 21.3. The summed E-state index contributed by atoms with van der Waals surface area (Å²) >= 11 is 0. The van der Waals surface area contributed by atoms with Gasteiger partial charge in [0.1, 0.15) is 5.75 Å². The van der Waals surface area contributed by atoms with Gasteiger partial charge in [-0.2, -0.15) is 0 Å². The van der Waals surface area contributed by atoms with Crippen LogP contribution in [0.2, 0.25) is 0 Å². The van der Waals surface area contributed by atoms with Crippen molar-refractivity contribution in [1.82, 2.24) is 5.32 Å². The van der Waals surface area contributed by atoms with Crippen LogP contribution in [0.1, 0.15) is 39.2 Å². The molecule has 6 nitrogen and oxygen atoms in total. The van der Waals surface area contributed by atoms with E-state index in [4.69, 9.17) is 0 Å². The Morgan fingerprint density at radius 3 is 2.04 bits per heavy atom. The molecule has 0 saturated carbocycles. The number of hydrogen-bond acceptors (Lipinski definition) is 3. The molecule has 0 spiro atoms. The molecule has 2 rings (SSSR count). The third kappa shape index (κ3) is 7.70. The Morgan fingerprint density at radius 2 is 1.46 bits per heavy atom. The van der Waals surface area contributed by atoms with Gasteiger partial charge in [0, 0.05) is 23.8 Å². The Bertz CT molecular complexity index is 771. The summed E-state index contributed by atoms with van der Waals surface area (Å²) in [5, 5.41) is 17.8. The summed E-state index contributed by atoms with van der Waals surface area (Å²) in [5.41, 5.74) is 2.48. The highest BCUT2D eigenvalue weighted by atomic mass is 16.3. The summed E-state index contributed by atoms with van der Waals surface area (Å²) in [4.78, 5) is 23.9. The molecule has 0 aliphatic heterocycles. The lowest BCUT2D eigenvalue weighted by Crippen LogP contribution is -2.36. The van der Waals surface area contributed by atoms with Crippen molar-refractivity contribution in [2.75, 3.05) is 10.6 Å². The van der Waals surface area contributed by atoms with Gasteiger partial charge in [-0.15, -0.1) is 0 Å². The number of hydrogen-bond donors (Lipinski definition) is 4. The van der Waals surface area contributed by atoms with Crippen LogP contribution in [0, 0.1) is 5.92 Å². The fourth-order valence-electron chi connectivity index (χ4n) is 2.73. The molecule has 1 unspecified atom stereocenters. The number of urea groups is 1. The zero-order valence-electron chi connectivity index (χ0n) is 16.7. The Labute approximate surface area is 166 Å². The smallest absolute Gasteiger partial charge is 0.319 e. The highest BCUT2D eigenvalue weighted by Crippen LogP contribution is 2.15. The number of carbonyl (C=O) groups is 2. The third-order valence-electron chi connectivity index (χ3n) is 4.20. The molecule has 0 aliphatic rings. The molecule has 0 radical (unpaired) electrons. The van der Waals surface area contributed by atoms with E-state index in [1.807, 2.05) is 32.9 Å². The van der Waals surface area contributed by atoms with Gasteiger partial charge in [0.15, 0.2) is 0 Å². The van der Waals surface area contributed by atoms with Crippen molar-refractivity contribution in [3.63, 3.8) is 0 Å². The molecule has 0 aliphatic carbocycles. The molecular weight excluding hydrogens is 354 g/mol. The molecule has 0 fully saturated rings. The van der Waals surface area contributed by atoms with Gasteiger partial charge in [-0.1, -0.05) is 26.0 Å². The van der Waals surface area contributed by atoms with Crippen molar-refractivity contribution in [3.8, 4) is 5.75 Å². The van der Waals surface area contributed by atoms with Crippen LogP contribution in [0.15, 0.2) is 48.5 Å². The molecule has 4 N–H and O–H groups in total. The van der Waals surface area contributed by atoms with Crippen LogP contribution in [-0.2, 0) is 11.2 Å². The second-order valence-electron chi connectivity index (χ2n) is 7.43. The number of amides is 3. The minimum absolute atomic E-state index is 0.00315. The maximum Gasteiger partial charge on any atom is 0.319 e. The Kier molecular flexibility index (Phi) is 7.87. The highest BCUT2D eigenvalue weighted by molar-refractivity contribution is 5.92. The number of anilines is 2. The first-order chi connectivity index (χ1) is 13.3. The molecule has 28 heavy (non-hydrogen) atoms. The van der Waals surface area contributed by atoms with E-state index >= 15 is 0 Å². The Hall–Kier alpha value is -3.02. The lowest BCUT2D eigenvalue weighted by atomic mass is 10.1. The summed E-state index contributed by atoms with van der Waals surface area (Å²) in [7, 11) is 0. The fraction of sp³-hybridized carbons (Fsp3) is 0.364. The van der Waals surface area contributed by atoms with Gasteiger partial charge in [-0.25, -0.2) is 4.79 Å². The molecule has 0 aromatic heterocycles.